The zero-order valence-electron chi connectivity index (χ0n) is 16.1. The molecule has 8 nitrogen and oxygen atoms in total. The predicted octanol–water partition coefficient (Wildman–Crippen LogP) is 3.81. The minimum Gasteiger partial charge on any atom is -0.357 e. The molecule has 0 saturated heterocycles. The molecule has 0 amide bonds. The first kappa shape index (κ1) is 19.8. The van der Waals surface area contributed by atoms with Crippen molar-refractivity contribution >= 4 is 23.3 Å². The van der Waals surface area contributed by atoms with Gasteiger partial charge in [-0.25, -0.2) is 15.0 Å². The Labute approximate surface area is 167 Å². The third-order valence-corrected chi connectivity index (χ3v) is 5.37. The van der Waals surface area contributed by atoms with Gasteiger partial charge in [-0.2, -0.15) is 0 Å². The van der Waals surface area contributed by atoms with Gasteiger partial charge in [-0.05, 0) is 13.3 Å². The largest absolute Gasteiger partial charge is 0.357 e. The molecule has 0 spiro atoms. The summed E-state index contributed by atoms with van der Waals surface area (Å²) in [6.07, 6.45) is 4.06. The van der Waals surface area contributed by atoms with E-state index in [4.69, 9.17) is 0 Å². The molecule has 2 heterocycles. The van der Waals surface area contributed by atoms with E-state index >= 15 is 0 Å². The van der Waals surface area contributed by atoms with Gasteiger partial charge in [-0.15, -0.1) is 0 Å². The Balaban J connectivity index is 1.64. The summed E-state index contributed by atoms with van der Waals surface area (Å²) in [4.78, 5) is 25.3. The molecule has 9 heteroatoms. The van der Waals surface area contributed by atoms with Gasteiger partial charge in [0.1, 0.15) is 6.33 Å². The van der Waals surface area contributed by atoms with Gasteiger partial charge in [0, 0.05) is 37.7 Å². The molecule has 0 saturated carbocycles. The number of hydrogen-bond donors (Lipinski definition) is 0. The predicted molar refractivity (Wildman–Crippen MR) is 111 cm³/mol. The Morgan fingerprint density at radius 1 is 1.18 bits per heavy atom. The molecule has 146 valence electrons. The van der Waals surface area contributed by atoms with Crippen LogP contribution < -0.4 is 4.90 Å². The van der Waals surface area contributed by atoms with E-state index in [9.17, 15) is 10.1 Å². The fourth-order valence-corrected chi connectivity index (χ4v) is 3.79. The summed E-state index contributed by atoms with van der Waals surface area (Å²) in [7, 11) is 3.46. The van der Waals surface area contributed by atoms with E-state index in [2.05, 4.69) is 26.4 Å². The molecule has 0 N–H and O–H groups in total. The summed E-state index contributed by atoms with van der Waals surface area (Å²) in [5.74, 6) is 1.03. The van der Waals surface area contributed by atoms with Crippen LogP contribution >= 0.6 is 11.8 Å². The molecule has 3 rings (SSSR count). The Bertz CT molecular complexity index is 958. The van der Waals surface area contributed by atoms with Crippen LogP contribution in [0.15, 0.2) is 48.0 Å². The highest BCUT2D eigenvalue weighted by Gasteiger charge is 2.24. The average Bonchev–Trinajstić information content (AvgIpc) is 3.06. The lowest BCUT2D eigenvalue weighted by Crippen LogP contribution is -2.14. The fourth-order valence-electron chi connectivity index (χ4n) is 2.90. The van der Waals surface area contributed by atoms with Crippen LogP contribution in [0.3, 0.4) is 0 Å². The summed E-state index contributed by atoms with van der Waals surface area (Å²) in [5.41, 5.74) is 3.15. The maximum absolute atomic E-state index is 11.5. The molecule has 28 heavy (non-hydrogen) atoms. The number of nitro groups is 1. The first-order valence-electron chi connectivity index (χ1n) is 8.85. The summed E-state index contributed by atoms with van der Waals surface area (Å²) < 4.78 is 2.11. The molecule has 0 unspecified atom stereocenters. The topological polar surface area (TPSA) is 90.0 Å². The third-order valence-electron chi connectivity index (χ3n) is 4.30. The summed E-state index contributed by atoms with van der Waals surface area (Å²) in [6, 6.07) is 10.1. The number of rotatable bonds is 8. The third kappa shape index (κ3) is 4.30. The highest BCUT2D eigenvalue weighted by atomic mass is 32.2. The molecule has 0 aliphatic carbocycles. The molecule has 3 aromatic rings. The van der Waals surface area contributed by atoms with E-state index in [1.54, 1.807) is 19.0 Å². The normalized spacial score (nSPS) is 10.8. The molecular formula is C19H22N6O2S. The van der Waals surface area contributed by atoms with Crippen molar-refractivity contribution < 1.29 is 4.92 Å². The second-order valence-electron chi connectivity index (χ2n) is 6.44. The van der Waals surface area contributed by atoms with Crippen LogP contribution in [0.5, 0.6) is 0 Å². The van der Waals surface area contributed by atoms with Crippen molar-refractivity contribution in [1.29, 1.82) is 0 Å². The van der Waals surface area contributed by atoms with Crippen LogP contribution in [0.1, 0.15) is 12.1 Å². The first-order valence-corrected chi connectivity index (χ1v) is 9.84. The lowest BCUT2D eigenvalue weighted by Gasteiger charge is -2.12. The molecule has 0 atom stereocenters. The zero-order valence-corrected chi connectivity index (χ0v) is 16.9. The van der Waals surface area contributed by atoms with Crippen molar-refractivity contribution in [2.45, 2.75) is 24.9 Å². The fraction of sp³-hybridized carbons (Fsp3) is 0.316. The molecular weight excluding hydrogens is 376 g/mol. The molecule has 1 aromatic carbocycles. The van der Waals surface area contributed by atoms with Gasteiger partial charge in [-0.1, -0.05) is 42.1 Å². The lowest BCUT2D eigenvalue weighted by molar-refractivity contribution is -0.387. The maximum Gasteiger partial charge on any atom is 0.343 e. The second-order valence-corrected chi connectivity index (χ2v) is 7.53. The molecule has 2 aromatic heterocycles. The average molecular weight is 398 g/mol. The van der Waals surface area contributed by atoms with Crippen molar-refractivity contribution in [3.63, 3.8) is 0 Å². The van der Waals surface area contributed by atoms with Crippen LogP contribution in [0.25, 0.3) is 11.3 Å². The number of aryl methyl sites for hydroxylation is 1. The van der Waals surface area contributed by atoms with E-state index in [-0.39, 0.29) is 5.69 Å². The van der Waals surface area contributed by atoms with Crippen molar-refractivity contribution in [2.24, 2.45) is 0 Å². The Morgan fingerprint density at radius 3 is 2.61 bits per heavy atom. The summed E-state index contributed by atoms with van der Waals surface area (Å²) in [5, 5.41) is 11.9. The number of benzene rings is 1. The molecule has 0 radical (unpaired) electrons. The van der Waals surface area contributed by atoms with Gasteiger partial charge >= 0.3 is 5.69 Å². The number of thioether (sulfide) groups is 1. The molecule has 0 bridgehead atoms. The van der Waals surface area contributed by atoms with Crippen molar-refractivity contribution in [2.75, 3.05) is 24.7 Å². The Morgan fingerprint density at radius 2 is 1.93 bits per heavy atom. The monoisotopic (exact) mass is 398 g/mol. The standard InChI is InChI=1S/C19H22N6O2S/c1-14-16(15-8-5-4-6-9-15)22-13-24(14)10-7-11-28-19-17(25(26)27)18(23(2)3)20-12-21-19/h4-6,8-9,12-13H,7,10-11H2,1-3H3. The quantitative estimate of drug-likeness (QED) is 0.187. The smallest absolute Gasteiger partial charge is 0.343 e. The maximum atomic E-state index is 11.5. The molecule has 0 fully saturated rings. The van der Waals surface area contributed by atoms with Crippen LogP contribution in [0.4, 0.5) is 11.5 Å². The van der Waals surface area contributed by atoms with Crippen LogP contribution in [-0.4, -0.2) is 44.3 Å². The lowest BCUT2D eigenvalue weighted by atomic mass is 10.1. The van der Waals surface area contributed by atoms with Gasteiger partial charge in [0.25, 0.3) is 0 Å². The minimum absolute atomic E-state index is 0.0392. The number of imidazole rings is 1. The van der Waals surface area contributed by atoms with Crippen LogP contribution in [0, 0.1) is 17.0 Å². The van der Waals surface area contributed by atoms with E-state index in [1.165, 1.54) is 18.1 Å². The van der Waals surface area contributed by atoms with Gasteiger partial charge in [0.05, 0.1) is 16.9 Å². The van der Waals surface area contributed by atoms with E-state index in [0.29, 0.717) is 16.6 Å². The first-order chi connectivity index (χ1) is 13.5. The Kier molecular flexibility index (Phi) is 6.25. The van der Waals surface area contributed by atoms with Crippen LogP contribution in [0.2, 0.25) is 0 Å². The zero-order chi connectivity index (χ0) is 20.1. The summed E-state index contributed by atoms with van der Waals surface area (Å²) in [6.45, 7) is 2.85. The number of anilines is 1. The van der Waals surface area contributed by atoms with Gasteiger partial charge < -0.3 is 9.47 Å². The van der Waals surface area contributed by atoms with Crippen molar-refractivity contribution in [1.82, 2.24) is 19.5 Å². The van der Waals surface area contributed by atoms with Crippen LogP contribution in [-0.2, 0) is 6.54 Å². The van der Waals surface area contributed by atoms with E-state index < -0.39 is 4.92 Å². The van der Waals surface area contributed by atoms with Gasteiger partial charge in [0.15, 0.2) is 5.03 Å². The van der Waals surface area contributed by atoms with E-state index in [1.807, 2.05) is 36.7 Å². The highest BCUT2D eigenvalue weighted by Crippen LogP contribution is 2.33. The SMILES string of the molecule is Cc1c(-c2ccccc2)ncn1CCCSc1ncnc(N(C)C)c1[N+](=O)[O-]. The second kappa shape index (κ2) is 8.83. The minimum atomic E-state index is -0.413. The molecule has 0 aliphatic heterocycles. The van der Waals surface area contributed by atoms with Crippen molar-refractivity contribution in [3.8, 4) is 11.3 Å². The number of aromatic nitrogens is 4. The van der Waals surface area contributed by atoms with Gasteiger partial charge in [0.2, 0.25) is 5.82 Å². The Hall–Kier alpha value is -2.94. The number of hydrogen-bond acceptors (Lipinski definition) is 7. The van der Waals surface area contributed by atoms with E-state index in [0.717, 1.165) is 29.9 Å². The highest BCUT2D eigenvalue weighted by molar-refractivity contribution is 7.99. The molecule has 0 aliphatic rings. The number of nitrogens with zero attached hydrogens (tertiary/aromatic N) is 6. The van der Waals surface area contributed by atoms with Gasteiger partial charge in [-0.3, -0.25) is 10.1 Å². The van der Waals surface area contributed by atoms with Crippen molar-refractivity contribution in [3.05, 3.63) is 58.8 Å². The summed E-state index contributed by atoms with van der Waals surface area (Å²) >= 11 is 1.38.